The van der Waals surface area contributed by atoms with Crippen molar-refractivity contribution in [1.29, 1.82) is 0 Å². The SMILES string of the molecule is CC(C)(C)CC(C)(C)OC(=O)c1ccccc1O. The molecule has 1 N–H and O–H groups in total. The highest BCUT2D eigenvalue weighted by molar-refractivity contribution is 5.92. The van der Waals surface area contributed by atoms with Gasteiger partial charge in [0.05, 0.1) is 0 Å². The molecule has 3 heteroatoms. The lowest BCUT2D eigenvalue weighted by molar-refractivity contribution is -0.0180. The van der Waals surface area contributed by atoms with E-state index >= 15 is 0 Å². The van der Waals surface area contributed by atoms with Crippen LogP contribution < -0.4 is 0 Å². The number of hydrogen-bond acceptors (Lipinski definition) is 3. The summed E-state index contributed by atoms with van der Waals surface area (Å²) in [5, 5.41) is 9.61. The van der Waals surface area contributed by atoms with Crippen LogP contribution in [0.4, 0.5) is 0 Å². The summed E-state index contributed by atoms with van der Waals surface area (Å²) in [6.07, 6.45) is 0.749. The maximum atomic E-state index is 12.0. The van der Waals surface area contributed by atoms with Crippen LogP contribution in [0.3, 0.4) is 0 Å². The second kappa shape index (κ2) is 5.01. The third-order valence-electron chi connectivity index (χ3n) is 2.45. The molecule has 3 nitrogen and oxygen atoms in total. The van der Waals surface area contributed by atoms with Gasteiger partial charge in [0.2, 0.25) is 0 Å². The Bertz CT molecular complexity index is 428. The molecule has 0 atom stereocenters. The minimum Gasteiger partial charge on any atom is -0.507 e. The summed E-state index contributed by atoms with van der Waals surface area (Å²) in [5.41, 5.74) is -0.278. The number of carbonyl (C=O) groups is 1. The minimum atomic E-state index is -0.558. The molecule has 1 aromatic carbocycles. The molecule has 0 spiro atoms. The first kappa shape index (κ1) is 14.6. The third kappa shape index (κ3) is 4.40. The van der Waals surface area contributed by atoms with Gasteiger partial charge < -0.3 is 9.84 Å². The van der Waals surface area contributed by atoms with Crippen LogP contribution in [0.1, 0.15) is 51.4 Å². The van der Waals surface area contributed by atoms with Crippen molar-refractivity contribution < 1.29 is 14.6 Å². The molecular formula is C15H22O3. The number of ether oxygens (including phenoxy) is 1. The average Bonchev–Trinajstić information content (AvgIpc) is 2.12. The molecule has 0 amide bonds. The van der Waals surface area contributed by atoms with E-state index in [9.17, 15) is 9.90 Å². The lowest BCUT2D eigenvalue weighted by Crippen LogP contribution is -2.32. The van der Waals surface area contributed by atoms with Crippen LogP contribution in [0, 0.1) is 5.41 Å². The van der Waals surface area contributed by atoms with Crippen molar-refractivity contribution in [1.82, 2.24) is 0 Å². The van der Waals surface area contributed by atoms with Crippen molar-refractivity contribution in [2.24, 2.45) is 5.41 Å². The maximum Gasteiger partial charge on any atom is 0.342 e. The number of aromatic hydroxyl groups is 1. The fraction of sp³-hybridized carbons (Fsp3) is 0.533. The van der Waals surface area contributed by atoms with Crippen LogP contribution in [0.25, 0.3) is 0 Å². The predicted octanol–water partition coefficient (Wildman–Crippen LogP) is 3.76. The summed E-state index contributed by atoms with van der Waals surface area (Å²) in [6.45, 7) is 10.1. The Morgan fingerprint density at radius 3 is 2.22 bits per heavy atom. The van der Waals surface area contributed by atoms with Gasteiger partial charge in [-0.05, 0) is 37.8 Å². The van der Waals surface area contributed by atoms with Crippen molar-refractivity contribution in [2.75, 3.05) is 0 Å². The van der Waals surface area contributed by atoms with E-state index in [-0.39, 0.29) is 16.7 Å². The topological polar surface area (TPSA) is 46.5 Å². The van der Waals surface area contributed by atoms with E-state index < -0.39 is 11.6 Å². The first-order valence-corrected chi connectivity index (χ1v) is 6.12. The fourth-order valence-electron chi connectivity index (χ4n) is 2.27. The quantitative estimate of drug-likeness (QED) is 0.831. The zero-order valence-electron chi connectivity index (χ0n) is 11.8. The number of rotatable bonds is 3. The van der Waals surface area contributed by atoms with E-state index in [4.69, 9.17) is 4.74 Å². The summed E-state index contributed by atoms with van der Waals surface area (Å²) in [4.78, 5) is 12.0. The summed E-state index contributed by atoms with van der Waals surface area (Å²) >= 11 is 0. The largest absolute Gasteiger partial charge is 0.507 e. The number of phenolic OH excluding ortho intramolecular Hbond substituents is 1. The van der Waals surface area contributed by atoms with Crippen LogP contribution in [0.15, 0.2) is 24.3 Å². The molecule has 0 heterocycles. The molecule has 1 rings (SSSR count). The number of carbonyl (C=O) groups excluding carboxylic acids is 1. The third-order valence-corrected chi connectivity index (χ3v) is 2.45. The van der Waals surface area contributed by atoms with E-state index in [2.05, 4.69) is 20.8 Å². The van der Waals surface area contributed by atoms with Gasteiger partial charge in [0.25, 0.3) is 0 Å². The second-order valence-electron chi connectivity index (χ2n) is 6.40. The number of esters is 1. The molecule has 1 aromatic rings. The molecule has 18 heavy (non-hydrogen) atoms. The standard InChI is InChI=1S/C15H22O3/c1-14(2,3)10-15(4,5)18-13(17)11-8-6-7-9-12(11)16/h6-9,16H,10H2,1-5H3. The zero-order valence-corrected chi connectivity index (χ0v) is 11.8. The van der Waals surface area contributed by atoms with E-state index in [0.717, 1.165) is 6.42 Å². The molecule has 0 aliphatic carbocycles. The van der Waals surface area contributed by atoms with E-state index in [1.165, 1.54) is 6.07 Å². The molecule has 0 aliphatic rings. The first-order chi connectivity index (χ1) is 8.11. The maximum absolute atomic E-state index is 12.0. The van der Waals surface area contributed by atoms with Gasteiger partial charge in [-0.3, -0.25) is 0 Å². The monoisotopic (exact) mass is 250 g/mol. The van der Waals surface area contributed by atoms with Crippen LogP contribution in [0.5, 0.6) is 5.75 Å². The van der Waals surface area contributed by atoms with Crippen molar-refractivity contribution in [3.05, 3.63) is 29.8 Å². The van der Waals surface area contributed by atoms with E-state index in [0.29, 0.717) is 0 Å². The summed E-state index contributed by atoms with van der Waals surface area (Å²) in [5.74, 6) is -0.531. The molecule has 0 radical (unpaired) electrons. The van der Waals surface area contributed by atoms with E-state index in [1.54, 1.807) is 18.2 Å². The lowest BCUT2D eigenvalue weighted by atomic mass is 9.83. The molecule has 0 aromatic heterocycles. The van der Waals surface area contributed by atoms with Gasteiger partial charge in [-0.25, -0.2) is 4.79 Å². The first-order valence-electron chi connectivity index (χ1n) is 6.12. The van der Waals surface area contributed by atoms with Crippen molar-refractivity contribution in [3.63, 3.8) is 0 Å². The van der Waals surface area contributed by atoms with Gasteiger partial charge in [-0.2, -0.15) is 0 Å². The average molecular weight is 250 g/mol. The molecule has 0 saturated heterocycles. The normalized spacial score (nSPS) is 12.3. The summed E-state index contributed by atoms with van der Waals surface area (Å²) < 4.78 is 5.48. The van der Waals surface area contributed by atoms with Crippen molar-refractivity contribution in [2.45, 2.75) is 46.6 Å². The molecule has 0 fully saturated rings. The van der Waals surface area contributed by atoms with Gasteiger partial charge in [0.15, 0.2) is 0 Å². The van der Waals surface area contributed by atoms with Crippen LogP contribution in [-0.4, -0.2) is 16.7 Å². The molecule has 0 bridgehead atoms. The number of benzene rings is 1. The second-order valence-corrected chi connectivity index (χ2v) is 6.40. The number of para-hydroxylation sites is 1. The van der Waals surface area contributed by atoms with Gasteiger partial charge in [0.1, 0.15) is 16.9 Å². The fourth-order valence-corrected chi connectivity index (χ4v) is 2.27. The lowest BCUT2D eigenvalue weighted by Gasteiger charge is -2.32. The zero-order chi connectivity index (χ0) is 14.0. The van der Waals surface area contributed by atoms with E-state index in [1.807, 2.05) is 13.8 Å². The number of hydrogen-bond donors (Lipinski definition) is 1. The van der Waals surface area contributed by atoms with Crippen molar-refractivity contribution in [3.8, 4) is 5.75 Å². The van der Waals surface area contributed by atoms with Crippen LogP contribution in [0.2, 0.25) is 0 Å². The highest BCUT2D eigenvalue weighted by Crippen LogP contribution is 2.30. The Kier molecular flexibility index (Phi) is 4.05. The smallest absolute Gasteiger partial charge is 0.342 e. The molecule has 0 unspecified atom stereocenters. The molecule has 100 valence electrons. The Morgan fingerprint density at radius 1 is 1.17 bits per heavy atom. The molecular weight excluding hydrogens is 228 g/mol. The Labute approximate surface area is 109 Å². The molecule has 0 saturated carbocycles. The Hall–Kier alpha value is -1.51. The predicted molar refractivity (Wildman–Crippen MR) is 71.7 cm³/mol. The van der Waals surface area contributed by atoms with Crippen LogP contribution in [-0.2, 0) is 4.74 Å². The Balaban J connectivity index is 2.79. The summed E-state index contributed by atoms with van der Waals surface area (Å²) in [7, 11) is 0. The molecule has 0 aliphatic heterocycles. The van der Waals surface area contributed by atoms with Gasteiger partial charge in [-0.1, -0.05) is 32.9 Å². The van der Waals surface area contributed by atoms with Gasteiger partial charge >= 0.3 is 5.97 Å². The highest BCUT2D eigenvalue weighted by Gasteiger charge is 2.30. The van der Waals surface area contributed by atoms with Gasteiger partial charge in [-0.15, -0.1) is 0 Å². The summed E-state index contributed by atoms with van der Waals surface area (Å²) in [6, 6.07) is 6.41. The number of phenols is 1. The Morgan fingerprint density at radius 2 is 1.72 bits per heavy atom. The van der Waals surface area contributed by atoms with Crippen LogP contribution >= 0.6 is 0 Å². The minimum absolute atomic E-state index is 0.0472. The highest BCUT2D eigenvalue weighted by atomic mass is 16.6. The van der Waals surface area contributed by atoms with Gasteiger partial charge in [0, 0.05) is 0 Å². The van der Waals surface area contributed by atoms with Crippen molar-refractivity contribution >= 4 is 5.97 Å².